The number of H-pyrrole nitrogens is 1. The van der Waals surface area contributed by atoms with Crippen LogP contribution >= 0.6 is 11.3 Å². The second-order valence-corrected chi connectivity index (χ2v) is 5.55. The second-order valence-electron chi connectivity index (χ2n) is 4.63. The molecule has 2 aromatic heterocycles. The molecule has 2 rings (SSSR count). The van der Waals surface area contributed by atoms with E-state index in [0.29, 0.717) is 22.6 Å². The summed E-state index contributed by atoms with van der Waals surface area (Å²) in [7, 11) is 0. The summed E-state index contributed by atoms with van der Waals surface area (Å²) in [5.74, 6) is 0.533. The van der Waals surface area contributed by atoms with Crippen molar-refractivity contribution >= 4 is 21.6 Å². The van der Waals surface area contributed by atoms with Crippen molar-refractivity contribution in [3.8, 4) is 0 Å². The number of thiophene rings is 1. The predicted molar refractivity (Wildman–Crippen MR) is 68.2 cm³/mol. The Labute approximate surface area is 103 Å². The zero-order chi connectivity index (χ0) is 12.5. The van der Waals surface area contributed by atoms with E-state index in [0.717, 1.165) is 0 Å². The maximum absolute atomic E-state index is 11.7. The molecule has 2 aromatic rings. The van der Waals surface area contributed by atoms with Gasteiger partial charge in [0.05, 0.1) is 12.1 Å². The van der Waals surface area contributed by atoms with Crippen molar-refractivity contribution < 1.29 is 4.74 Å². The number of hydrogen-bond acceptors (Lipinski definition) is 5. The van der Waals surface area contributed by atoms with E-state index in [1.54, 1.807) is 0 Å². The summed E-state index contributed by atoms with van der Waals surface area (Å²) in [6, 6.07) is 1.83. The lowest BCUT2D eigenvalue weighted by atomic mass is 10.1. The number of ether oxygens (including phenoxy) is 1. The van der Waals surface area contributed by atoms with E-state index < -0.39 is 0 Å². The molecule has 2 heterocycles. The Morgan fingerprint density at radius 1 is 1.59 bits per heavy atom. The Morgan fingerprint density at radius 3 is 3.06 bits per heavy atom. The number of hydrogen-bond donors (Lipinski definition) is 2. The van der Waals surface area contributed by atoms with Crippen LogP contribution in [0.3, 0.4) is 0 Å². The van der Waals surface area contributed by atoms with Crippen LogP contribution in [0.4, 0.5) is 0 Å². The molecule has 0 aliphatic heterocycles. The third kappa shape index (κ3) is 3.12. The van der Waals surface area contributed by atoms with E-state index in [2.05, 4.69) is 9.97 Å². The third-order valence-corrected chi connectivity index (χ3v) is 2.98. The normalized spacial score (nSPS) is 12.2. The minimum absolute atomic E-state index is 0.115. The van der Waals surface area contributed by atoms with Gasteiger partial charge < -0.3 is 15.5 Å². The molecule has 6 heteroatoms. The Bertz CT molecular complexity index is 568. The molecule has 0 aliphatic carbocycles. The average Bonchev–Trinajstić information content (AvgIpc) is 2.64. The van der Waals surface area contributed by atoms with E-state index >= 15 is 0 Å². The highest BCUT2D eigenvalue weighted by molar-refractivity contribution is 7.17. The first-order valence-electron chi connectivity index (χ1n) is 5.29. The van der Waals surface area contributed by atoms with Crippen LogP contribution < -0.4 is 11.3 Å². The van der Waals surface area contributed by atoms with Crippen LogP contribution in [0.2, 0.25) is 0 Å². The summed E-state index contributed by atoms with van der Waals surface area (Å²) >= 11 is 1.38. The lowest BCUT2D eigenvalue weighted by molar-refractivity contribution is 0.0808. The molecule has 0 aliphatic rings. The first kappa shape index (κ1) is 12.2. The highest BCUT2D eigenvalue weighted by Gasteiger charge is 2.11. The number of nitrogens with two attached hydrogens (primary N) is 1. The summed E-state index contributed by atoms with van der Waals surface area (Å²) in [5.41, 5.74) is 6.00. The molecule has 0 saturated carbocycles. The van der Waals surface area contributed by atoms with E-state index in [-0.39, 0.29) is 17.7 Å². The first-order chi connectivity index (χ1) is 7.96. The minimum atomic E-state index is -0.382. The fourth-order valence-corrected chi connectivity index (χ4v) is 2.13. The van der Waals surface area contributed by atoms with E-state index in [1.165, 1.54) is 11.3 Å². The zero-order valence-corrected chi connectivity index (χ0v) is 10.6. The predicted octanol–water partition coefficient (Wildman–Crippen LogP) is 1.24. The monoisotopic (exact) mass is 253 g/mol. The Hall–Kier alpha value is -1.24. The molecule has 92 valence electrons. The SMILES string of the molecule is CC(C)(N)COCc1nc2ccsc2c(=O)[nH]1. The van der Waals surface area contributed by atoms with Crippen LogP contribution in [0.25, 0.3) is 10.2 Å². The van der Waals surface area contributed by atoms with Crippen LogP contribution in [0, 0.1) is 0 Å². The van der Waals surface area contributed by atoms with Crippen molar-refractivity contribution in [1.82, 2.24) is 9.97 Å². The quantitative estimate of drug-likeness (QED) is 0.859. The van der Waals surface area contributed by atoms with Crippen LogP contribution in [-0.4, -0.2) is 22.1 Å². The van der Waals surface area contributed by atoms with Gasteiger partial charge in [0.15, 0.2) is 0 Å². The van der Waals surface area contributed by atoms with Crippen LogP contribution in [0.5, 0.6) is 0 Å². The molecule has 0 radical (unpaired) electrons. The Kier molecular flexibility index (Phi) is 3.28. The molecule has 0 atom stereocenters. The first-order valence-corrected chi connectivity index (χ1v) is 6.17. The Morgan fingerprint density at radius 2 is 2.35 bits per heavy atom. The van der Waals surface area contributed by atoms with Gasteiger partial charge in [-0.1, -0.05) is 0 Å². The third-order valence-electron chi connectivity index (χ3n) is 2.08. The number of aromatic amines is 1. The zero-order valence-electron chi connectivity index (χ0n) is 9.82. The van der Waals surface area contributed by atoms with Gasteiger partial charge in [-0.05, 0) is 25.3 Å². The van der Waals surface area contributed by atoms with Crippen molar-refractivity contribution in [2.45, 2.75) is 26.0 Å². The molecule has 0 saturated heterocycles. The summed E-state index contributed by atoms with van der Waals surface area (Å²) in [6.45, 7) is 4.44. The van der Waals surface area contributed by atoms with Crippen molar-refractivity contribution in [1.29, 1.82) is 0 Å². The topological polar surface area (TPSA) is 81.0 Å². The van der Waals surface area contributed by atoms with Crippen LogP contribution in [-0.2, 0) is 11.3 Å². The fourth-order valence-electron chi connectivity index (χ4n) is 1.40. The van der Waals surface area contributed by atoms with Gasteiger partial charge in [0, 0.05) is 5.54 Å². The maximum Gasteiger partial charge on any atom is 0.268 e. The van der Waals surface area contributed by atoms with Crippen LogP contribution in [0.15, 0.2) is 16.2 Å². The molecule has 0 bridgehead atoms. The number of fused-ring (bicyclic) bond motifs is 1. The minimum Gasteiger partial charge on any atom is -0.372 e. The molecular formula is C11H15N3O2S. The molecule has 0 amide bonds. The largest absolute Gasteiger partial charge is 0.372 e. The summed E-state index contributed by atoms with van der Waals surface area (Å²) in [4.78, 5) is 18.7. The molecule has 17 heavy (non-hydrogen) atoms. The van der Waals surface area contributed by atoms with Gasteiger partial charge in [-0.25, -0.2) is 4.98 Å². The summed E-state index contributed by atoms with van der Waals surface area (Å²) < 4.78 is 6.06. The van der Waals surface area contributed by atoms with Gasteiger partial charge in [0.25, 0.3) is 5.56 Å². The highest BCUT2D eigenvalue weighted by Crippen LogP contribution is 2.13. The lowest BCUT2D eigenvalue weighted by Gasteiger charge is -2.17. The van der Waals surface area contributed by atoms with E-state index in [9.17, 15) is 4.79 Å². The summed E-state index contributed by atoms with van der Waals surface area (Å²) in [6.07, 6.45) is 0. The summed E-state index contributed by atoms with van der Waals surface area (Å²) in [5, 5.41) is 1.85. The van der Waals surface area contributed by atoms with Gasteiger partial charge in [-0.3, -0.25) is 4.79 Å². The highest BCUT2D eigenvalue weighted by atomic mass is 32.1. The van der Waals surface area contributed by atoms with Crippen molar-refractivity contribution in [2.75, 3.05) is 6.61 Å². The number of rotatable bonds is 4. The van der Waals surface area contributed by atoms with E-state index in [4.69, 9.17) is 10.5 Å². The van der Waals surface area contributed by atoms with Crippen molar-refractivity contribution in [2.24, 2.45) is 5.73 Å². The molecule has 0 aromatic carbocycles. The van der Waals surface area contributed by atoms with Gasteiger partial charge >= 0.3 is 0 Å². The van der Waals surface area contributed by atoms with Gasteiger partial charge in [-0.15, -0.1) is 11.3 Å². The maximum atomic E-state index is 11.7. The number of nitrogens with zero attached hydrogens (tertiary/aromatic N) is 1. The molecule has 5 nitrogen and oxygen atoms in total. The van der Waals surface area contributed by atoms with Crippen molar-refractivity contribution in [3.63, 3.8) is 0 Å². The standard InChI is InChI=1S/C11H15N3O2S/c1-11(2,12)6-16-5-8-13-7-3-4-17-9(7)10(15)14-8/h3-4H,5-6,12H2,1-2H3,(H,13,14,15). The van der Waals surface area contributed by atoms with Crippen molar-refractivity contribution in [3.05, 3.63) is 27.6 Å². The van der Waals surface area contributed by atoms with E-state index in [1.807, 2.05) is 25.3 Å². The smallest absolute Gasteiger partial charge is 0.268 e. The average molecular weight is 253 g/mol. The molecule has 3 N–H and O–H groups in total. The number of nitrogens with one attached hydrogen (secondary N) is 1. The number of aromatic nitrogens is 2. The molecule has 0 unspecified atom stereocenters. The van der Waals surface area contributed by atoms with Gasteiger partial charge in [-0.2, -0.15) is 0 Å². The Balaban J connectivity index is 2.11. The molecule has 0 spiro atoms. The van der Waals surface area contributed by atoms with Gasteiger partial charge in [0.1, 0.15) is 17.1 Å². The van der Waals surface area contributed by atoms with Gasteiger partial charge in [0.2, 0.25) is 0 Å². The molecular weight excluding hydrogens is 238 g/mol. The fraction of sp³-hybridized carbons (Fsp3) is 0.455. The molecule has 0 fully saturated rings. The van der Waals surface area contributed by atoms with Crippen LogP contribution in [0.1, 0.15) is 19.7 Å². The lowest BCUT2D eigenvalue weighted by Crippen LogP contribution is -2.37. The second kappa shape index (κ2) is 4.56.